The monoisotopic (exact) mass is 232 g/mol. The number of thioether (sulfide) groups is 1. The molecule has 1 rings (SSSR count). The van der Waals surface area contributed by atoms with Crippen LogP contribution in [0.3, 0.4) is 0 Å². The first kappa shape index (κ1) is 12.3. The summed E-state index contributed by atoms with van der Waals surface area (Å²) in [6.07, 6.45) is 2.14. The van der Waals surface area contributed by atoms with E-state index in [0.717, 1.165) is 10.7 Å². The molecule has 3 N–H and O–H groups in total. The molecule has 2 unspecified atom stereocenters. The molecule has 1 saturated heterocycles. The highest BCUT2D eigenvalue weighted by Crippen LogP contribution is 2.19. The number of likely N-dealkylation sites (tertiary alicyclic amines) is 1. The minimum Gasteiger partial charge on any atom is -0.465 e. The Balaban J connectivity index is 2.43. The van der Waals surface area contributed by atoms with E-state index < -0.39 is 18.2 Å². The van der Waals surface area contributed by atoms with Gasteiger partial charge in [0.25, 0.3) is 0 Å². The molecule has 15 heavy (non-hydrogen) atoms. The number of carbonyl (C=O) groups is 2. The number of Topliss-reactive ketones (excluding diaryl/α,β-unsaturated/α-hetero) is 1. The second-order valence-corrected chi connectivity index (χ2v) is 4.56. The van der Waals surface area contributed by atoms with Gasteiger partial charge in [0.15, 0.2) is 5.78 Å². The number of rotatable bonds is 5. The molecule has 1 amide bonds. The summed E-state index contributed by atoms with van der Waals surface area (Å²) in [6, 6.07) is -1.02. The van der Waals surface area contributed by atoms with Crippen LogP contribution in [-0.4, -0.2) is 52.5 Å². The van der Waals surface area contributed by atoms with Crippen LogP contribution in [0.25, 0.3) is 0 Å². The summed E-state index contributed by atoms with van der Waals surface area (Å²) in [4.78, 5) is 23.5. The van der Waals surface area contributed by atoms with Gasteiger partial charge in [-0.05, 0) is 24.9 Å². The highest BCUT2D eigenvalue weighted by atomic mass is 32.2. The van der Waals surface area contributed by atoms with Crippen molar-refractivity contribution in [3.05, 3.63) is 0 Å². The van der Waals surface area contributed by atoms with Crippen molar-refractivity contribution in [1.82, 2.24) is 4.90 Å². The predicted molar refractivity (Wildman–Crippen MR) is 59.1 cm³/mol. The van der Waals surface area contributed by atoms with Crippen LogP contribution in [0.2, 0.25) is 0 Å². The van der Waals surface area contributed by atoms with Gasteiger partial charge in [0.05, 0.1) is 12.1 Å². The first-order valence-electron chi connectivity index (χ1n) is 4.85. The first-order valence-corrected chi connectivity index (χ1v) is 6.25. The van der Waals surface area contributed by atoms with Crippen LogP contribution in [0.4, 0.5) is 4.79 Å². The molecule has 86 valence electrons. The van der Waals surface area contributed by atoms with Crippen molar-refractivity contribution in [2.45, 2.75) is 24.9 Å². The molecule has 0 spiro atoms. The third kappa shape index (κ3) is 2.85. The van der Waals surface area contributed by atoms with E-state index in [4.69, 9.17) is 10.8 Å². The third-order valence-electron chi connectivity index (χ3n) is 2.59. The second-order valence-electron chi connectivity index (χ2n) is 3.57. The zero-order valence-corrected chi connectivity index (χ0v) is 9.50. The Labute approximate surface area is 93.0 Å². The van der Waals surface area contributed by atoms with Crippen molar-refractivity contribution < 1.29 is 14.7 Å². The summed E-state index contributed by atoms with van der Waals surface area (Å²) < 4.78 is 0. The minimum atomic E-state index is -1.03. The lowest BCUT2D eigenvalue weighted by Crippen LogP contribution is -2.58. The van der Waals surface area contributed by atoms with Crippen LogP contribution in [0.1, 0.15) is 12.8 Å². The smallest absolute Gasteiger partial charge is 0.407 e. The molecule has 0 bridgehead atoms. The molecule has 0 aromatic rings. The van der Waals surface area contributed by atoms with Gasteiger partial charge in [-0.15, -0.1) is 0 Å². The van der Waals surface area contributed by atoms with Gasteiger partial charge in [-0.3, -0.25) is 9.69 Å². The van der Waals surface area contributed by atoms with Crippen LogP contribution in [0.15, 0.2) is 0 Å². The number of amides is 1. The molecule has 6 heteroatoms. The first-order chi connectivity index (χ1) is 7.07. The number of hydrogen-bond acceptors (Lipinski definition) is 4. The van der Waals surface area contributed by atoms with E-state index in [1.165, 1.54) is 0 Å². The number of nitrogens with two attached hydrogens (primary N) is 1. The lowest BCUT2D eigenvalue weighted by molar-refractivity contribution is -0.128. The van der Waals surface area contributed by atoms with Gasteiger partial charge in [0.2, 0.25) is 0 Å². The predicted octanol–water partition coefficient (Wildman–Crippen LogP) is 0.388. The van der Waals surface area contributed by atoms with E-state index in [2.05, 4.69) is 0 Å². The maximum Gasteiger partial charge on any atom is 0.407 e. The lowest BCUT2D eigenvalue weighted by Gasteiger charge is -2.38. The fourth-order valence-corrected chi connectivity index (χ4v) is 2.04. The summed E-state index contributed by atoms with van der Waals surface area (Å²) in [6.45, 7) is 0.445. The molecule has 1 aliphatic rings. The summed E-state index contributed by atoms with van der Waals surface area (Å²) >= 11 is 1.63. The molecule has 5 nitrogen and oxygen atoms in total. The van der Waals surface area contributed by atoms with Crippen LogP contribution < -0.4 is 5.73 Å². The maximum atomic E-state index is 11.7. The van der Waals surface area contributed by atoms with Crippen LogP contribution >= 0.6 is 11.8 Å². The van der Waals surface area contributed by atoms with E-state index in [1.54, 1.807) is 11.8 Å². The summed E-state index contributed by atoms with van der Waals surface area (Å²) in [7, 11) is 0. The van der Waals surface area contributed by atoms with E-state index in [0.29, 0.717) is 19.4 Å². The van der Waals surface area contributed by atoms with Crippen molar-refractivity contribution in [2.24, 2.45) is 5.73 Å². The molecular formula is C9H16N2O3S. The summed E-state index contributed by atoms with van der Waals surface area (Å²) in [5.41, 5.74) is 5.69. The number of ketones is 1. The second kappa shape index (κ2) is 5.37. The van der Waals surface area contributed by atoms with Gasteiger partial charge in [0.1, 0.15) is 0 Å². The molecular weight excluding hydrogens is 216 g/mol. The van der Waals surface area contributed by atoms with E-state index in [1.807, 2.05) is 6.26 Å². The molecule has 0 radical (unpaired) electrons. The van der Waals surface area contributed by atoms with Crippen molar-refractivity contribution in [2.75, 3.05) is 18.6 Å². The number of carbonyl (C=O) groups excluding carboxylic acids is 1. The lowest BCUT2D eigenvalue weighted by atomic mass is 9.94. The highest BCUT2D eigenvalue weighted by Gasteiger charge is 2.39. The topological polar surface area (TPSA) is 83.6 Å². The largest absolute Gasteiger partial charge is 0.465 e. The SMILES string of the molecule is CSCCC(N)C(=O)C1CCN1C(=O)O. The zero-order chi connectivity index (χ0) is 11.4. The third-order valence-corrected chi connectivity index (χ3v) is 3.24. The zero-order valence-electron chi connectivity index (χ0n) is 8.68. The highest BCUT2D eigenvalue weighted by molar-refractivity contribution is 7.98. The molecule has 0 aromatic heterocycles. The fraction of sp³-hybridized carbons (Fsp3) is 0.778. The normalized spacial score (nSPS) is 22.0. The quantitative estimate of drug-likeness (QED) is 0.716. The Morgan fingerprint density at radius 3 is 2.73 bits per heavy atom. The molecule has 0 aromatic carbocycles. The van der Waals surface area contributed by atoms with Gasteiger partial charge in [-0.25, -0.2) is 4.79 Å². The van der Waals surface area contributed by atoms with Crippen molar-refractivity contribution in [3.8, 4) is 0 Å². The number of nitrogens with zero attached hydrogens (tertiary/aromatic N) is 1. The Bertz CT molecular complexity index is 260. The molecule has 0 aliphatic carbocycles. The van der Waals surface area contributed by atoms with Crippen LogP contribution in [-0.2, 0) is 4.79 Å². The molecule has 1 aliphatic heterocycles. The van der Waals surface area contributed by atoms with Gasteiger partial charge < -0.3 is 10.8 Å². The van der Waals surface area contributed by atoms with Gasteiger partial charge in [0, 0.05) is 6.54 Å². The Kier molecular flexibility index (Phi) is 4.41. The van der Waals surface area contributed by atoms with Gasteiger partial charge in [-0.2, -0.15) is 11.8 Å². The van der Waals surface area contributed by atoms with Gasteiger partial charge >= 0.3 is 6.09 Å². The van der Waals surface area contributed by atoms with Crippen molar-refractivity contribution in [1.29, 1.82) is 0 Å². The Morgan fingerprint density at radius 2 is 2.33 bits per heavy atom. The van der Waals surface area contributed by atoms with E-state index >= 15 is 0 Å². The fourth-order valence-electron chi connectivity index (χ4n) is 1.55. The maximum absolute atomic E-state index is 11.7. The van der Waals surface area contributed by atoms with Crippen molar-refractivity contribution >= 4 is 23.6 Å². The standard InChI is InChI=1S/C9H16N2O3S/c1-15-5-3-6(10)8(12)7-2-4-11(7)9(13)14/h6-7H,2-5,10H2,1H3,(H,13,14). The van der Waals surface area contributed by atoms with Crippen LogP contribution in [0.5, 0.6) is 0 Å². The van der Waals surface area contributed by atoms with E-state index in [-0.39, 0.29) is 5.78 Å². The average Bonchev–Trinajstić information content (AvgIpc) is 2.11. The number of hydrogen-bond donors (Lipinski definition) is 2. The average molecular weight is 232 g/mol. The number of carboxylic acid groups (broad SMARTS) is 1. The molecule has 2 atom stereocenters. The van der Waals surface area contributed by atoms with Crippen molar-refractivity contribution in [3.63, 3.8) is 0 Å². The summed E-state index contributed by atoms with van der Waals surface area (Å²) in [5, 5.41) is 8.74. The Morgan fingerprint density at radius 1 is 1.67 bits per heavy atom. The minimum absolute atomic E-state index is 0.141. The van der Waals surface area contributed by atoms with E-state index in [9.17, 15) is 9.59 Å². The summed E-state index contributed by atoms with van der Waals surface area (Å²) in [5.74, 6) is 0.685. The van der Waals surface area contributed by atoms with Crippen LogP contribution in [0, 0.1) is 0 Å². The Hall–Kier alpha value is -0.750. The van der Waals surface area contributed by atoms with Gasteiger partial charge in [-0.1, -0.05) is 0 Å². The molecule has 0 saturated carbocycles. The molecule has 1 fully saturated rings. The molecule has 1 heterocycles.